The van der Waals surface area contributed by atoms with Crippen molar-refractivity contribution in [1.29, 1.82) is 0 Å². The zero-order valence-corrected chi connectivity index (χ0v) is 13.9. The average molecular weight is 344 g/mol. The van der Waals surface area contributed by atoms with Crippen molar-refractivity contribution in [2.45, 2.75) is 0 Å². The lowest BCUT2D eigenvalue weighted by atomic mass is 10.1. The van der Waals surface area contributed by atoms with E-state index in [2.05, 4.69) is 21.5 Å². The first-order valence-corrected chi connectivity index (χ1v) is 8.68. The van der Waals surface area contributed by atoms with Crippen molar-refractivity contribution in [2.24, 2.45) is 0 Å². The van der Waals surface area contributed by atoms with Crippen molar-refractivity contribution in [2.75, 3.05) is 0 Å². The van der Waals surface area contributed by atoms with Crippen molar-refractivity contribution in [3.8, 4) is 27.6 Å². The van der Waals surface area contributed by atoms with Gasteiger partial charge in [-0.3, -0.25) is 0 Å². The molecule has 0 aliphatic carbocycles. The lowest BCUT2D eigenvalue weighted by Crippen LogP contribution is -1.98. The molecule has 0 N–H and O–H groups in total. The fourth-order valence-electron chi connectivity index (χ4n) is 2.88. The molecule has 0 aliphatic rings. The molecule has 0 radical (unpaired) electrons. The average Bonchev–Trinajstić information content (AvgIpc) is 3.40. The Hall–Kier alpha value is -3.25. The highest BCUT2D eigenvalue weighted by Gasteiger charge is 2.14. The smallest absolute Gasteiger partial charge is 0.174 e. The molecule has 0 spiro atoms. The van der Waals surface area contributed by atoms with E-state index in [1.54, 1.807) is 17.5 Å². The Morgan fingerprint density at radius 2 is 1.88 bits per heavy atom. The van der Waals surface area contributed by atoms with Gasteiger partial charge in [-0.25, -0.2) is 4.68 Å². The maximum atomic E-state index is 5.58. The standard InChI is InChI=1S/C19H12N4OS/c1-2-5-13(6-3-1)19-15-11-14(8-9-16(15)21-24-19)23-17(12-20-22-23)18-7-4-10-25-18/h1-12H. The van der Waals surface area contributed by atoms with E-state index in [0.717, 1.165) is 38.5 Å². The zero-order chi connectivity index (χ0) is 16.6. The van der Waals surface area contributed by atoms with Gasteiger partial charge in [-0.2, -0.15) is 0 Å². The minimum absolute atomic E-state index is 0.759. The topological polar surface area (TPSA) is 56.7 Å². The lowest BCUT2D eigenvalue weighted by molar-refractivity contribution is 0.441. The number of hydrogen-bond acceptors (Lipinski definition) is 5. The summed E-state index contributed by atoms with van der Waals surface area (Å²) in [6.07, 6.45) is 1.78. The number of aromatic nitrogens is 4. The van der Waals surface area contributed by atoms with Crippen molar-refractivity contribution >= 4 is 22.2 Å². The minimum Gasteiger partial charge on any atom is -0.355 e. The molecule has 5 nitrogen and oxygen atoms in total. The van der Waals surface area contributed by atoms with E-state index >= 15 is 0 Å². The number of hydrogen-bond donors (Lipinski definition) is 0. The number of fused-ring (bicyclic) bond motifs is 1. The molecular formula is C19H12N4OS. The molecule has 3 aromatic heterocycles. The highest BCUT2D eigenvalue weighted by molar-refractivity contribution is 7.13. The molecule has 0 atom stereocenters. The summed E-state index contributed by atoms with van der Waals surface area (Å²) in [5.74, 6) is 0.759. The van der Waals surface area contributed by atoms with E-state index in [1.165, 1.54) is 0 Å². The van der Waals surface area contributed by atoms with Crippen molar-refractivity contribution in [3.05, 3.63) is 72.2 Å². The number of benzene rings is 2. The van der Waals surface area contributed by atoms with Crippen LogP contribution in [0.3, 0.4) is 0 Å². The summed E-state index contributed by atoms with van der Waals surface area (Å²) in [4.78, 5) is 1.12. The maximum absolute atomic E-state index is 5.58. The predicted molar refractivity (Wildman–Crippen MR) is 97.7 cm³/mol. The molecule has 120 valence electrons. The third kappa shape index (κ3) is 2.35. The fraction of sp³-hybridized carbons (Fsp3) is 0. The van der Waals surface area contributed by atoms with Gasteiger partial charge in [0, 0.05) is 5.56 Å². The van der Waals surface area contributed by atoms with Crippen LogP contribution in [0.2, 0.25) is 0 Å². The largest absolute Gasteiger partial charge is 0.355 e. The summed E-state index contributed by atoms with van der Waals surface area (Å²) >= 11 is 1.66. The molecule has 0 amide bonds. The Labute approximate surface area is 147 Å². The molecule has 3 heterocycles. The van der Waals surface area contributed by atoms with E-state index in [-0.39, 0.29) is 0 Å². The SMILES string of the molecule is c1ccc(-c2onc3ccc(-n4nncc4-c4cccs4)cc23)cc1. The monoisotopic (exact) mass is 344 g/mol. The Bertz CT molecular complexity index is 1140. The van der Waals surface area contributed by atoms with Crippen LogP contribution in [0.4, 0.5) is 0 Å². The summed E-state index contributed by atoms with van der Waals surface area (Å²) in [5.41, 5.74) is 3.71. The van der Waals surface area contributed by atoms with Gasteiger partial charge in [0.2, 0.25) is 0 Å². The fourth-order valence-corrected chi connectivity index (χ4v) is 3.60. The van der Waals surface area contributed by atoms with Gasteiger partial charge in [-0.05, 0) is 29.6 Å². The van der Waals surface area contributed by atoms with Crippen LogP contribution in [0.25, 0.3) is 38.5 Å². The van der Waals surface area contributed by atoms with E-state index in [4.69, 9.17) is 4.52 Å². The van der Waals surface area contributed by atoms with Gasteiger partial charge in [-0.15, -0.1) is 16.4 Å². The second-order valence-corrected chi connectivity index (χ2v) is 6.54. The first-order valence-electron chi connectivity index (χ1n) is 7.80. The van der Waals surface area contributed by atoms with E-state index in [1.807, 2.05) is 64.7 Å². The Morgan fingerprint density at radius 3 is 2.72 bits per heavy atom. The van der Waals surface area contributed by atoms with Gasteiger partial charge in [0.1, 0.15) is 11.2 Å². The zero-order valence-electron chi connectivity index (χ0n) is 13.0. The molecule has 0 unspecified atom stereocenters. The quantitative estimate of drug-likeness (QED) is 0.471. The first kappa shape index (κ1) is 14.1. The van der Waals surface area contributed by atoms with Gasteiger partial charge in [0.05, 0.1) is 22.1 Å². The van der Waals surface area contributed by atoms with E-state index in [0.29, 0.717) is 0 Å². The molecule has 0 saturated heterocycles. The first-order chi connectivity index (χ1) is 12.4. The summed E-state index contributed by atoms with van der Waals surface area (Å²) in [5, 5.41) is 15.5. The predicted octanol–water partition coefficient (Wildman–Crippen LogP) is 4.80. The van der Waals surface area contributed by atoms with Crippen LogP contribution < -0.4 is 0 Å². The Kier molecular flexibility index (Phi) is 3.21. The van der Waals surface area contributed by atoms with Crippen molar-refractivity contribution in [3.63, 3.8) is 0 Å². The van der Waals surface area contributed by atoms with Crippen LogP contribution in [0.5, 0.6) is 0 Å². The van der Waals surface area contributed by atoms with Gasteiger partial charge in [0.15, 0.2) is 5.76 Å². The molecule has 0 aliphatic heterocycles. The third-order valence-electron chi connectivity index (χ3n) is 4.06. The Balaban J connectivity index is 1.68. The molecule has 0 bridgehead atoms. The molecular weight excluding hydrogens is 332 g/mol. The molecule has 0 fully saturated rings. The van der Waals surface area contributed by atoms with Crippen molar-refractivity contribution < 1.29 is 4.52 Å². The van der Waals surface area contributed by atoms with Crippen LogP contribution in [0.15, 0.2) is 76.8 Å². The third-order valence-corrected chi connectivity index (χ3v) is 4.96. The summed E-state index contributed by atoms with van der Waals surface area (Å²) in [7, 11) is 0. The molecule has 2 aromatic carbocycles. The van der Waals surface area contributed by atoms with Gasteiger partial charge in [-0.1, -0.05) is 46.8 Å². The van der Waals surface area contributed by atoms with Gasteiger partial charge >= 0.3 is 0 Å². The number of thiophene rings is 1. The summed E-state index contributed by atoms with van der Waals surface area (Å²) in [6, 6.07) is 20.0. The van der Waals surface area contributed by atoms with Crippen molar-refractivity contribution in [1.82, 2.24) is 20.2 Å². The molecule has 0 saturated carbocycles. The number of rotatable bonds is 3. The van der Waals surface area contributed by atoms with Crippen LogP contribution in [0.1, 0.15) is 0 Å². The summed E-state index contributed by atoms with van der Waals surface area (Å²) < 4.78 is 7.42. The van der Waals surface area contributed by atoms with E-state index < -0.39 is 0 Å². The van der Waals surface area contributed by atoms with Gasteiger partial charge in [0.25, 0.3) is 0 Å². The summed E-state index contributed by atoms with van der Waals surface area (Å²) in [6.45, 7) is 0. The second kappa shape index (κ2) is 5.68. The molecule has 5 aromatic rings. The normalized spacial score (nSPS) is 11.2. The minimum atomic E-state index is 0.759. The maximum Gasteiger partial charge on any atom is 0.174 e. The highest BCUT2D eigenvalue weighted by Crippen LogP contribution is 2.31. The Morgan fingerprint density at radius 1 is 0.960 bits per heavy atom. The van der Waals surface area contributed by atoms with Crippen LogP contribution in [0, 0.1) is 0 Å². The highest BCUT2D eigenvalue weighted by atomic mass is 32.1. The number of nitrogens with zero attached hydrogens (tertiary/aromatic N) is 4. The lowest BCUT2D eigenvalue weighted by Gasteiger charge is -2.05. The molecule has 5 rings (SSSR count). The van der Waals surface area contributed by atoms with Crippen LogP contribution >= 0.6 is 11.3 Å². The second-order valence-electron chi connectivity index (χ2n) is 5.59. The molecule has 25 heavy (non-hydrogen) atoms. The van der Waals surface area contributed by atoms with Crippen LogP contribution in [-0.4, -0.2) is 20.2 Å². The molecule has 6 heteroatoms. The van der Waals surface area contributed by atoms with Crippen LogP contribution in [-0.2, 0) is 0 Å². The van der Waals surface area contributed by atoms with Gasteiger partial charge < -0.3 is 4.52 Å². The van der Waals surface area contributed by atoms with E-state index in [9.17, 15) is 0 Å².